The van der Waals surface area contributed by atoms with Crippen molar-refractivity contribution in [1.29, 1.82) is 0 Å². The minimum Gasteiger partial charge on any atom is -0.306 e. The predicted molar refractivity (Wildman–Crippen MR) is 73.9 cm³/mol. The Bertz CT molecular complexity index is 295. The number of aromatic nitrogens is 1. The molecule has 0 saturated carbocycles. The first-order valence-electron chi connectivity index (χ1n) is 6.76. The van der Waals surface area contributed by atoms with E-state index in [1.165, 1.54) is 19.3 Å². The third-order valence-electron chi connectivity index (χ3n) is 3.08. The fourth-order valence-corrected chi connectivity index (χ4v) is 2.06. The molecule has 1 N–H and O–H groups in total. The molecule has 2 nitrogen and oxygen atoms in total. The summed E-state index contributed by atoms with van der Waals surface area (Å²) in [6.07, 6.45) is 5.73. The number of hydrogen-bond acceptors (Lipinski definition) is 2. The van der Waals surface area contributed by atoms with E-state index in [0.717, 1.165) is 11.6 Å². The second-order valence-corrected chi connectivity index (χ2v) is 5.37. The van der Waals surface area contributed by atoms with Crippen LogP contribution in [0, 0.1) is 5.92 Å². The first-order valence-corrected chi connectivity index (χ1v) is 6.76. The van der Waals surface area contributed by atoms with Gasteiger partial charge in [0, 0.05) is 18.3 Å². The average molecular weight is 234 g/mol. The molecule has 1 aromatic rings. The highest BCUT2D eigenvalue weighted by molar-refractivity contribution is 5.07. The lowest BCUT2D eigenvalue weighted by atomic mass is 10.0. The van der Waals surface area contributed by atoms with Gasteiger partial charge in [0.2, 0.25) is 0 Å². The van der Waals surface area contributed by atoms with Crippen LogP contribution in [0.4, 0.5) is 0 Å². The van der Waals surface area contributed by atoms with Gasteiger partial charge in [-0.15, -0.1) is 0 Å². The Morgan fingerprint density at radius 3 is 2.47 bits per heavy atom. The maximum absolute atomic E-state index is 4.38. The van der Waals surface area contributed by atoms with E-state index in [2.05, 4.69) is 44.1 Å². The van der Waals surface area contributed by atoms with E-state index in [-0.39, 0.29) is 0 Å². The van der Waals surface area contributed by atoms with Gasteiger partial charge in [0.1, 0.15) is 0 Å². The van der Waals surface area contributed by atoms with Crippen molar-refractivity contribution in [1.82, 2.24) is 10.3 Å². The van der Waals surface area contributed by atoms with Gasteiger partial charge in [-0.2, -0.15) is 0 Å². The summed E-state index contributed by atoms with van der Waals surface area (Å²) >= 11 is 0. The molecule has 0 fully saturated rings. The van der Waals surface area contributed by atoms with Crippen LogP contribution in [0.1, 0.15) is 58.7 Å². The fraction of sp³-hybridized carbons (Fsp3) is 0.667. The van der Waals surface area contributed by atoms with E-state index >= 15 is 0 Å². The van der Waals surface area contributed by atoms with Crippen LogP contribution in [0.25, 0.3) is 0 Å². The molecule has 1 aromatic heterocycles. The second kappa shape index (κ2) is 7.44. The number of nitrogens with one attached hydrogen (secondary N) is 1. The van der Waals surface area contributed by atoms with Crippen LogP contribution in [0.15, 0.2) is 24.4 Å². The fourth-order valence-electron chi connectivity index (χ4n) is 2.06. The summed E-state index contributed by atoms with van der Waals surface area (Å²) < 4.78 is 0. The smallest absolute Gasteiger partial charge is 0.0570 e. The standard InChI is InChI=1S/C15H26N2/c1-12(2)8-7-9-13(3)17-14(4)15-10-5-6-11-16-15/h5-6,10-14,17H,7-9H2,1-4H3. The second-order valence-electron chi connectivity index (χ2n) is 5.37. The van der Waals surface area contributed by atoms with Gasteiger partial charge in [0.15, 0.2) is 0 Å². The molecule has 0 bridgehead atoms. The van der Waals surface area contributed by atoms with Crippen molar-refractivity contribution in [3.05, 3.63) is 30.1 Å². The average Bonchev–Trinajstić information content (AvgIpc) is 2.29. The maximum Gasteiger partial charge on any atom is 0.0570 e. The van der Waals surface area contributed by atoms with E-state index in [1.54, 1.807) is 0 Å². The molecule has 0 aliphatic carbocycles. The van der Waals surface area contributed by atoms with E-state index in [1.807, 2.05) is 18.3 Å². The predicted octanol–water partition coefficient (Wildman–Crippen LogP) is 3.95. The van der Waals surface area contributed by atoms with Gasteiger partial charge in [-0.1, -0.05) is 32.8 Å². The van der Waals surface area contributed by atoms with Crippen molar-refractivity contribution >= 4 is 0 Å². The summed E-state index contributed by atoms with van der Waals surface area (Å²) in [6.45, 7) is 9.02. The van der Waals surface area contributed by atoms with E-state index in [4.69, 9.17) is 0 Å². The molecule has 2 atom stereocenters. The van der Waals surface area contributed by atoms with Crippen LogP contribution in [-0.2, 0) is 0 Å². The van der Waals surface area contributed by atoms with Crippen molar-refractivity contribution in [2.75, 3.05) is 0 Å². The van der Waals surface area contributed by atoms with Gasteiger partial charge < -0.3 is 5.32 Å². The van der Waals surface area contributed by atoms with Crippen molar-refractivity contribution in [3.63, 3.8) is 0 Å². The summed E-state index contributed by atoms with van der Waals surface area (Å²) in [5.74, 6) is 0.815. The van der Waals surface area contributed by atoms with Gasteiger partial charge >= 0.3 is 0 Å². The van der Waals surface area contributed by atoms with Crippen LogP contribution in [0.5, 0.6) is 0 Å². The largest absolute Gasteiger partial charge is 0.306 e. The molecule has 0 spiro atoms. The lowest BCUT2D eigenvalue weighted by Gasteiger charge is -2.20. The number of rotatable bonds is 7. The number of nitrogens with zero attached hydrogens (tertiary/aromatic N) is 1. The molecule has 0 aliphatic rings. The van der Waals surface area contributed by atoms with Crippen molar-refractivity contribution < 1.29 is 0 Å². The lowest BCUT2D eigenvalue weighted by molar-refractivity contribution is 0.420. The monoisotopic (exact) mass is 234 g/mol. The zero-order chi connectivity index (χ0) is 12.7. The Labute approximate surface area is 106 Å². The summed E-state index contributed by atoms with van der Waals surface area (Å²) in [5.41, 5.74) is 1.13. The molecule has 96 valence electrons. The molecular weight excluding hydrogens is 208 g/mol. The van der Waals surface area contributed by atoms with Crippen molar-refractivity contribution in [2.45, 2.75) is 59.0 Å². The molecule has 1 heterocycles. The van der Waals surface area contributed by atoms with Gasteiger partial charge in [-0.25, -0.2) is 0 Å². The first kappa shape index (κ1) is 14.2. The third kappa shape index (κ3) is 5.83. The molecule has 2 unspecified atom stereocenters. The van der Waals surface area contributed by atoms with Gasteiger partial charge in [0.05, 0.1) is 5.69 Å². The zero-order valence-electron chi connectivity index (χ0n) is 11.6. The van der Waals surface area contributed by atoms with Crippen LogP contribution >= 0.6 is 0 Å². The van der Waals surface area contributed by atoms with Crippen LogP contribution in [0.3, 0.4) is 0 Å². The number of hydrogen-bond donors (Lipinski definition) is 1. The molecule has 0 aliphatic heterocycles. The molecule has 1 rings (SSSR count). The van der Waals surface area contributed by atoms with Crippen LogP contribution in [0.2, 0.25) is 0 Å². The highest BCUT2D eigenvalue weighted by atomic mass is 15.0. The molecule has 17 heavy (non-hydrogen) atoms. The summed E-state index contributed by atoms with van der Waals surface area (Å²) in [5, 5.41) is 3.61. The SMILES string of the molecule is CC(C)CCCC(C)NC(C)c1ccccn1. The highest BCUT2D eigenvalue weighted by Crippen LogP contribution is 2.13. The van der Waals surface area contributed by atoms with Gasteiger partial charge in [0.25, 0.3) is 0 Å². The van der Waals surface area contributed by atoms with Crippen LogP contribution in [-0.4, -0.2) is 11.0 Å². The minimum atomic E-state index is 0.338. The van der Waals surface area contributed by atoms with E-state index in [0.29, 0.717) is 12.1 Å². The summed E-state index contributed by atoms with van der Waals surface area (Å²) in [7, 11) is 0. The lowest BCUT2D eigenvalue weighted by Crippen LogP contribution is -2.29. The van der Waals surface area contributed by atoms with E-state index < -0.39 is 0 Å². The van der Waals surface area contributed by atoms with Gasteiger partial charge in [-0.05, 0) is 38.3 Å². The zero-order valence-corrected chi connectivity index (χ0v) is 11.6. The topological polar surface area (TPSA) is 24.9 Å². The van der Waals surface area contributed by atoms with Crippen molar-refractivity contribution in [2.24, 2.45) is 5.92 Å². The van der Waals surface area contributed by atoms with Crippen molar-refractivity contribution in [3.8, 4) is 0 Å². The quantitative estimate of drug-likeness (QED) is 0.772. The van der Waals surface area contributed by atoms with Crippen LogP contribution < -0.4 is 5.32 Å². The maximum atomic E-state index is 4.38. The third-order valence-corrected chi connectivity index (χ3v) is 3.08. The normalized spacial score (nSPS) is 14.9. The number of pyridine rings is 1. The Balaban J connectivity index is 2.28. The molecule has 0 saturated heterocycles. The molecule has 0 aromatic carbocycles. The molecule has 0 radical (unpaired) electrons. The molecular formula is C15H26N2. The Kier molecular flexibility index (Phi) is 6.20. The Morgan fingerprint density at radius 1 is 1.12 bits per heavy atom. The Morgan fingerprint density at radius 2 is 1.88 bits per heavy atom. The van der Waals surface area contributed by atoms with E-state index in [9.17, 15) is 0 Å². The Hall–Kier alpha value is -0.890. The molecule has 2 heteroatoms. The summed E-state index contributed by atoms with van der Waals surface area (Å²) in [6, 6.07) is 6.99. The minimum absolute atomic E-state index is 0.338. The summed E-state index contributed by atoms with van der Waals surface area (Å²) in [4.78, 5) is 4.38. The first-order chi connectivity index (χ1) is 8.09. The van der Waals surface area contributed by atoms with Gasteiger partial charge in [-0.3, -0.25) is 4.98 Å². The molecule has 0 amide bonds. The highest BCUT2D eigenvalue weighted by Gasteiger charge is 2.09.